The molecule has 0 amide bonds. The molecule has 0 N–H and O–H groups in total. The van der Waals surface area contributed by atoms with E-state index in [1.165, 1.54) is 0 Å². The van der Waals surface area contributed by atoms with Gasteiger partial charge in [0.1, 0.15) is 0 Å². The molecule has 0 aromatic heterocycles. The monoisotopic (exact) mass is 450 g/mol. The van der Waals surface area contributed by atoms with E-state index in [1.807, 2.05) is 0 Å². The van der Waals surface area contributed by atoms with Gasteiger partial charge < -0.3 is 19.6 Å². The van der Waals surface area contributed by atoms with Crippen LogP contribution in [-0.4, -0.2) is 92.1 Å². The smallest absolute Gasteiger partial charge is 0.0784 e. The van der Waals surface area contributed by atoms with Crippen molar-refractivity contribution in [3.63, 3.8) is 0 Å². The van der Waals surface area contributed by atoms with Crippen LogP contribution in [0, 0.1) is 0 Å². The zero-order valence-corrected chi connectivity index (χ0v) is 24.6. The summed E-state index contributed by atoms with van der Waals surface area (Å²) in [7, 11) is 14.6. The van der Waals surface area contributed by atoms with Crippen molar-refractivity contribution >= 4 is 26.5 Å². The van der Waals surface area contributed by atoms with Crippen LogP contribution in [0.4, 0.5) is 0 Å². The maximum atomic E-state index is 2.54. The Morgan fingerprint density at radius 1 is 0.400 bits per heavy atom. The zero-order valence-electron chi connectivity index (χ0n) is 22.6. The fourth-order valence-electron chi connectivity index (χ4n) is 4.74. The average molecular weight is 451 g/mol. The zero-order chi connectivity index (χ0) is 23.6. The molecular weight excluding hydrogens is 400 g/mol. The Labute approximate surface area is 190 Å². The van der Waals surface area contributed by atoms with Crippen LogP contribution in [0.3, 0.4) is 0 Å². The van der Waals surface area contributed by atoms with Crippen LogP contribution < -0.4 is 10.4 Å². The summed E-state index contributed by atoms with van der Waals surface area (Å²) in [5.74, 6) is 0. The highest BCUT2D eigenvalue weighted by Crippen LogP contribution is 2.26. The van der Waals surface area contributed by atoms with Crippen molar-refractivity contribution in [2.45, 2.75) is 65.5 Å². The minimum absolute atomic E-state index is 1.03. The van der Waals surface area contributed by atoms with Crippen molar-refractivity contribution in [1.29, 1.82) is 0 Å². The van der Waals surface area contributed by atoms with Gasteiger partial charge in [-0.2, -0.15) is 0 Å². The largest absolute Gasteiger partial charge is 0.305 e. The van der Waals surface area contributed by atoms with Crippen LogP contribution >= 0.6 is 0 Å². The highest BCUT2D eigenvalue weighted by molar-refractivity contribution is 6.91. The lowest BCUT2D eigenvalue weighted by atomic mass is 9.95. The Hall–Kier alpha value is -0.506. The normalized spacial score (nSPS) is 13.4. The Balaban J connectivity index is 4.29. The van der Waals surface area contributed by atoms with E-state index < -0.39 is 16.1 Å². The molecule has 0 aliphatic heterocycles. The molecule has 0 saturated carbocycles. The summed E-state index contributed by atoms with van der Waals surface area (Å²) in [6.07, 6.45) is 0. The van der Waals surface area contributed by atoms with Gasteiger partial charge in [0.05, 0.1) is 16.1 Å². The molecule has 6 heteroatoms. The minimum atomic E-state index is -1.58. The van der Waals surface area contributed by atoms with E-state index in [2.05, 4.69) is 115 Å². The molecule has 0 unspecified atom stereocenters. The highest BCUT2D eigenvalue weighted by Gasteiger charge is 2.35. The molecule has 0 saturated heterocycles. The second-order valence-corrected chi connectivity index (χ2v) is 22.1. The van der Waals surface area contributed by atoms with Gasteiger partial charge >= 0.3 is 0 Å². The Kier molecular flexibility index (Phi) is 9.55. The van der Waals surface area contributed by atoms with Gasteiger partial charge in [-0.25, -0.2) is 0 Å². The molecular formula is C24H50N4Si2. The van der Waals surface area contributed by atoms with Gasteiger partial charge in [0.15, 0.2) is 0 Å². The second kappa shape index (κ2) is 10.4. The molecule has 4 nitrogen and oxygen atoms in total. The highest BCUT2D eigenvalue weighted by atomic mass is 28.3. The molecule has 0 aliphatic rings. The third kappa shape index (κ3) is 7.28. The summed E-state index contributed by atoms with van der Waals surface area (Å²) in [6.45, 7) is 19.3. The number of nitrogens with zero attached hydrogens (tertiary/aromatic N) is 4. The van der Waals surface area contributed by atoms with Gasteiger partial charge in [0, 0.05) is 26.2 Å². The van der Waals surface area contributed by atoms with Crippen LogP contribution in [-0.2, 0) is 26.2 Å². The number of hydrogen-bond donors (Lipinski definition) is 0. The molecule has 1 rings (SSSR count). The predicted octanol–water partition coefficient (Wildman–Crippen LogP) is 3.02. The third-order valence-corrected chi connectivity index (χ3v) is 9.54. The molecule has 0 heterocycles. The van der Waals surface area contributed by atoms with E-state index in [0.29, 0.717) is 0 Å². The summed E-state index contributed by atoms with van der Waals surface area (Å²) in [4.78, 5) is 9.49. The van der Waals surface area contributed by atoms with Gasteiger partial charge in [-0.3, -0.25) is 0 Å². The van der Waals surface area contributed by atoms with Crippen molar-refractivity contribution in [2.24, 2.45) is 0 Å². The van der Waals surface area contributed by atoms with Gasteiger partial charge in [0.2, 0.25) is 0 Å². The predicted molar refractivity (Wildman–Crippen MR) is 142 cm³/mol. The van der Waals surface area contributed by atoms with E-state index in [0.717, 1.165) is 26.2 Å². The molecule has 0 radical (unpaired) electrons. The number of hydrogen-bond acceptors (Lipinski definition) is 4. The Bertz CT molecular complexity index is 605. The van der Waals surface area contributed by atoms with E-state index in [1.54, 1.807) is 32.6 Å². The van der Waals surface area contributed by atoms with Crippen LogP contribution in [0.15, 0.2) is 0 Å². The van der Waals surface area contributed by atoms with Crippen LogP contribution in [0.25, 0.3) is 0 Å². The van der Waals surface area contributed by atoms with Crippen LogP contribution in [0.1, 0.15) is 22.3 Å². The molecule has 0 aliphatic carbocycles. The van der Waals surface area contributed by atoms with E-state index in [9.17, 15) is 0 Å². The van der Waals surface area contributed by atoms with Crippen molar-refractivity contribution in [1.82, 2.24) is 19.6 Å². The lowest BCUT2D eigenvalue weighted by Gasteiger charge is -2.38. The van der Waals surface area contributed by atoms with E-state index in [-0.39, 0.29) is 0 Å². The van der Waals surface area contributed by atoms with Gasteiger partial charge in [-0.05, 0) is 78.6 Å². The average Bonchev–Trinajstić information content (AvgIpc) is 2.46. The molecule has 0 bridgehead atoms. The summed E-state index contributed by atoms with van der Waals surface area (Å²) in [5, 5.41) is 3.42. The maximum Gasteiger partial charge on any atom is 0.0784 e. The molecule has 174 valence electrons. The Morgan fingerprint density at radius 2 is 0.567 bits per heavy atom. The third-order valence-electron chi connectivity index (χ3n) is 5.33. The first-order chi connectivity index (χ1) is 13.5. The lowest BCUT2D eigenvalue weighted by molar-refractivity contribution is 0.374. The fourth-order valence-corrected chi connectivity index (χ4v) is 9.28. The molecule has 0 atom stereocenters. The first-order valence-electron chi connectivity index (χ1n) is 11.3. The van der Waals surface area contributed by atoms with Crippen molar-refractivity contribution < 1.29 is 0 Å². The fraction of sp³-hybridized carbons (Fsp3) is 0.750. The van der Waals surface area contributed by atoms with E-state index >= 15 is 0 Å². The van der Waals surface area contributed by atoms with Gasteiger partial charge in [-0.1, -0.05) is 49.7 Å². The molecule has 1 aromatic carbocycles. The summed E-state index contributed by atoms with van der Waals surface area (Å²) in [5.41, 5.74) is 6.52. The SMILES string of the molecule is CN(C)Cc1c(CN(C)C)c([Si](C)(C)C)c(CN(C)C)c(CN(C)C)c1[Si](C)(C)C. The minimum Gasteiger partial charge on any atom is -0.305 e. The second-order valence-electron chi connectivity index (χ2n) is 12.1. The first-order valence-corrected chi connectivity index (χ1v) is 18.3. The quantitative estimate of drug-likeness (QED) is 0.508. The molecule has 0 spiro atoms. The van der Waals surface area contributed by atoms with Crippen molar-refractivity contribution in [3.05, 3.63) is 22.3 Å². The topological polar surface area (TPSA) is 13.0 Å². The van der Waals surface area contributed by atoms with Crippen LogP contribution in [0.5, 0.6) is 0 Å². The summed E-state index contributed by atoms with van der Waals surface area (Å²) < 4.78 is 0. The molecule has 0 fully saturated rings. The molecule has 30 heavy (non-hydrogen) atoms. The number of rotatable bonds is 10. The summed E-state index contributed by atoms with van der Waals surface area (Å²) >= 11 is 0. The van der Waals surface area contributed by atoms with Crippen molar-refractivity contribution in [3.8, 4) is 0 Å². The summed E-state index contributed by atoms with van der Waals surface area (Å²) in [6, 6.07) is 0. The Morgan fingerprint density at radius 3 is 0.667 bits per heavy atom. The lowest BCUT2D eigenvalue weighted by Crippen LogP contribution is -2.53. The number of benzene rings is 1. The van der Waals surface area contributed by atoms with Gasteiger partial charge in [-0.15, -0.1) is 0 Å². The van der Waals surface area contributed by atoms with Crippen molar-refractivity contribution in [2.75, 3.05) is 56.4 Å². The van der Waals surface area contributed by atoms with E-state index in [4.69, 9.17) is 0 Å². The van der Waals surface area contributed by atoms with Crippen LogP contribution in [0.2, 0.25) is 39.3 Å². The van der Waals surface area contributed by atoms with Gasteiger partial charge in [0.25, 0.3) is 0 Å². The standard InChI is InChI=1S/C24H50N4Si2/c1-25(2)15-19-20(16-26(3)4)24(30(12,13)14)22(18-28(7)8)21(17-27(5)6)23(19)29(9,10)11/h15-18H2,1-14H3. The maximum absolute atomic E-state index is 2.54. The first kappa shape index (κ1) is 27.5. The molecule has 1 aromatic rings.